The Balaban J connectivity index is 2.33. The molecule has 0 aromatic heterocycles. The van der Waals surface area contributed by atoms with Crippen molar-refractivity contribution >= 4 is 27.6 Å². The van der Waals surface area contributed by atoms with E-state index in [1.807, 2.05) is 13.0 Å². The number of benzene rings is 2. The van der Waals surface area contributed by atoms with E-state index in [2.05, 4.69) is 4.72 Å². The molecule has 0 radical (unpaired) electrons. The molecule has 0 bridgehead atoms. The van der Waals surface area contributed by atoms with Gasteiger partial charge in [-0.3, -0.25) is 9.52 Å². The van der Waals surface area contributed by atoms with Crippen LogP contribution in [-0.4, -0.2) is 26.4 Å². The van der Waals surface area contributed by atoms with E-state index in [4.69, 9.17) is 10.5 Å². The molecular formula is C18H20N2O5S. The summed E-state index contributed by atoms with van der Waals surface area (Å²) >= 11 is 0. The molecule has 0 aliphatic carbocycles. The summed E-state index contributed by atoms with van der Waals surface area (Å²) in [6.45, 7) is 4.80. The average Bonchev–Trinajstić information content (AvgIpc) is 2.54. The van der Waals surface area contributed by atoms with Crippen LogP contribution >= 0.6 is 0 Å². The summed E-state index contributed by atoms with van der Waals surface area (Å²) in [5.41, 5.74) is 6.85. The van der Waals surface area contributed by atoms with Crippen LogP contribution < -0.4 is 10.5 Å². The summed E-state index contributed by atoms with van der Waals surface area (Å²) in [5.74, 6) is -1.62. The topological polar surface area (TPSA) is 116 Å². The third-order valence-corrected chi connectivity index (χ3v) is 5.19. The predicted molar refractivity (Wildman–Crippen MR) is 97.2 cm³/mol. The number of hydrogen-bond donors (Lipinski definition) is 2. The molecule has 1 atom stereocenters. The van der Waals surface area contributed by atoms with Gasteiger partial charge in [0, 0.05) is 5.69 Å². The predicted octanol–water partition coefficient (Wildman–Crippen LogP) is 2.13. The van der Waals surface area contributed by atoms with Crippen LogP contribution in [0.25, 0.3) is 0 Å². The summed E-state index contributed by atoms with van der Waals surface area (Å²) in [6, 6.07) is 11.0. The van der Waals surface area contributed by atoms with E-state index >= 15 is 0 Å². The maximum Gasteiger partial charge on any atom is 0.338 e. The number of carbonyl (C=O) groups is 2. The number of sulfonamides is 1. The first-order valence-electron chi connectivity index (χ1n) is 7.80. The van der Waals surface area contributed by atoms with Crippen LogP contribution in [0.1, 0.15) is 28.4 Å². The maximum absolute atomic E-state index is 12.7. The Hall–Kier alpha value is -2.87. The van der Waals surface area contributed by atoms with Gasteiger partial charge < -0.3 is 10.5 Å². The van der Waals surface area contributed by atoms with E-state index in [0.29, 0.717) is 11.3 Å². The van der Waals surface area contributed by atoms with E-state index < -0.39 is 28.0 Å². The van der Waals surface area contributed by atoms with Crippen molar-refractivity contribution < 1.29 is 22.7 Å². The van der Waals surface area contributed by atoms with Crippen LogP contribution in [0.2, 0.25) is 0 Å². The molecule has 8 heteroatoms. The fourth-order valence-electron chi connectivity index (χ4n) is 2.22. The number of nitrogens with two attached hydrogens (primary N) is 1. The molecule has 2 rings (SSSR count). The highest BCUT2D eigenvalue weighted by atomic mass is 32.2. The highest BCUT2D eigenvalue weighted by Gasteiger charge is 2.22. The average molecular weight is 376 g/mol. The van der Waals surface area contributed by atoms with Crippen molar-refractivity contribution in [1.82, 2.24) is 0 Å². The summed E-state index contributed by atoms with van der Waals surface area (Å²) in [6.07, 6.45) is -1.12. The van der Waals surface area contributed by atoms with Crippen molar-refractivity contribution in [1.29, 1.82) is 0 Å². The fraction of sp³-hybridized carbons (Fsp3) is 0.222. The Morgan fingerprint density at radius 2 is 1.81 bits per heavy atom. The molecule has 0 saturated carbocycles. The molecule has 2 aromatic rings. The lowest BCUT2D eigenvalue weighted by molar-refractivity contribution is -0.125. The highest BCUT2D eigenvalue weighted by molar-refractivity contribution is 7.92. The number of amides is 1. The zero-order chi connectivity index (χ0) is 19.5. The molecule has 1 amide bonds. The van der Waals surface area contributed by atoms with Crippen molar-refractivity contribution in [2.75, 3.05) is 4.72 Å². The van der Waals surface area contributed by atoms with Crippen molar-refractivity contribution in [3.05, 3.63) is 59.2 Å². The monoisotopic (exact) mass is 376 g/mol. The van der Waals surface area contributed by atoms with Gasteiger partial charge >= 0.3 is 5.97 Å². The maximum atomic E-state index is 12.7. The first-order valence-corrected chi connectivity index (χ1v) is 9.29. The van der Waals surface area contributed by atoms with E-state index in [0.717, 1.165) is 5.56 Å². The fourth-order valence-corrected chi connectivity index (χ4v) is 3.54. The zero-order valence-corrected chi connectivity index (χ0v) is 15.5. The van der Waals surface area contributed by atoms with Gasteiger partial charge in [0.2, 0.25) is 0 Å². The number of nitrogens with one attached hydrogen (secondary N) is 1. The third kappa shape index (κ3) is 4.60. The van der Waals surface area contributed by atoms with Crippen molar-refractivity contribution in [2.24, 2.45) is 5.73 Å². The molecule has 0 aliphatic heterocycles. The number of carbonyl (C=O) groups excluding carboxylic acids is 2. The molecule has 7 nitrogen and oxygen atoms in total. The number of primary amides is 1. The molecule has 2 aromatic carbocycles. The first-order chi connectivity index (χ1) is 12.1. The van der Waals surface area contributed by atoms with E-state index in [1.54, 1.807) is 25.1 Å². The van der Waals surface area contributed by atoms with Gasteiger partial charge in [-0.05, 0) is 56.2 Å². The van der Waals surface area contributed by atoms with Crippen molar-refractivity contribution in [3.8, 4) is 0 Å². The van der Waals surface area contributed by atoms with Crippen LogP contribution in [0.3, 0.4) is 0 Å². The third-order valence-electron chi connectivity index (χ3n) is 3.67. The van der Waals surface area contributed by atoms with Crippen LogP contribution in [0.5, 0.6) is 0 Å². The largest absolute Gasteiger partial charge is 0.449 e. The standard InChI is InChI=1S/C18H20N2O5S/c1-11-5-4-6-15(9-11)20-26(23,24)16-10-14(8-7-12(16)2)18(22)25-13(3)17(19)21/h4-10,13,20H,1-3H3,(H2,19,21)/t13-/m1/s1. The molecule has 26 heavy (non-hydrogen) atoms. The number of anilines is 1. The SMILES string of the molecule is Cc1cccc(NS(=O)(=O)c2cc(C(=O)O[C@H](C)C(N)=O)ccc2C)c1. The van der Waals surface area contributed by atoms with Gasteiger partial charge in [-0.1, -0.05) is 18.2 Å². The summed E-state index contributed by atoms with van der Waals surface area (Å²) in [7, 11) is -3.91. The van der Waals surface area contributed by atoms with Gasteiger partial charge in [-0.25, -0.2) is 13.2 Å². The molecule has 0 aliphatic rings. The Kier molecular flexibility index (Phi) is 5.66. The Morgan fingerprint density at radius 3 is 2.42 bits per heavy atom. The van der Waals surface area contributed by atoms with Gasteiger partial charge in [-0.15, -0.1) is 0 Å². The molecule has 3 N–H and O–H groups in total. The van der Waals surface area contributed by atoms with Gasteiger partial charge in [0.1, 0.15) is 0 Å². The summed E-state index contributed by atoms with van der Waals surface area (Å²) in [4.78, 5) is 23.1. The van der Waals surface area contributed by atoms with Gasteiger partial charge in [0.25, 0.3) is 15.9 Å². The number of esters is 1. The number of hydrogen-bond acceptors (Lipinski definition) is 5. The Labute approximate surface area is 152 Å². The van der Waals surface area contributed by atoms with Crippen molar-refractivity contribution in [2.45, 2.75) is 31.8 Å². The number of aryl methyl sites for hydroxylation is 2. The second-order valence-electron chi connectivity index (χ2n) is 5.91. The van der Waals surface area contributed by atoms with Gasteiger partial charge in [-0.2, -0.15) is 0 Å². The highest BCUT2D eigenvalue weighted by Crippen LogP contribution is 2.22. The molecular weight excluding hydrogens is 356 g/mol. The minimum Gasteiger partial charge on any atom is -0.449 e. The van der Waals surface area contributed by atoms with Crippen LogP contribution in [0, 0.1) is 13.8 Å². The molecule has 138 valence electrons. The van der Waals surface area contributed by atoms with Crippen molar-refractivity contribution in [3.63, 3.8) is 0 Å². The molecule has 0 unspecified atom stereocenters. The van der Waals surface area contributed by atoms with E-state index in [-0.39, 0.29) is 10.5 Å². The van der Waals surface area contributed by atoms with E-state index in [1.165, 1.54) is 25.1 Å². The molecule has 0 saturated heterocycles. The number of rotatable bonds is 6. The minimum absolute atomic E-state index is 0.00770. The lowest BCUT2D eigenvalue weighted by Crippen LogP contribution is -2.30. The lowest BCUT2D eigenvalue weighted by atomic mass is 10.1. The minimum atomic E-state index is -3.91. The zero-order valence-electron chi connectivity index (χ0n) is 14.6. The second kappa shape index (κ2) is 7.57. The van der Waals surface area contributed by atoms with Crippen LogP contribution in [-0.2, 0) is 19.6 Å². The summed E-state index contributed by atoms with van der Waals surface area (Å²) < 4.78 is 32.8. The number of ether oxygens (including phenoxy) is 1. The summed E-state index contributed by atoms with van der Waals surface area (Å²) in [5, 5.41) is 0. The Bertz CT molecular complexity index is 954. The molecule has 0 fully saturated rings. The molecule has 0 heterocycles. The van der Waals surface area contributed by atoms with Crippen LogP contribution in [0.15, 0.2) is 47.4 Å². The first kappa shape index (κ1) is 19.5. The van der Waals surface area contributed by atoms with Gasteiger partial charge in [0.15, 0.2) is 6.10 Å². The van der Waals surface area contributed by atoms with Crippen LogP contribution in [0.4, 0.5) is 5.69 Å². The smallest absolute Gasteiger partial charge is 0.338 e. The normalized spacial score (nSPS) is 12.3. The Morgan fingerprint density at radius 1 is 1.12 bits per heavy atom. The van der Waals surface area contributed by atoms with Gasteiger partial charge in [0.05, 0.1) is 10.5 Å². The quantitative estimate of drug-likeness (QED) is 0.749. The molecule has 0 spiro atoms. The lowest BCUT2D eigenvalue weighted by Gasteiger charge is -2.13. The second-order valence-corrected chi connectivity index (χ2v) is 7.56. The van der Waals surface area contributed by atoms with E-state index in [9.17, 15) is 18.0 Å².